The summed E-state index contributed by atoms with van der Waals surface area (Å²) in [4.78, 5) is 1.32. The number of hydrogen-bond acceptors (Lipinski definition) is 2. The standard InChI is InChI=1S/C14H15ClFNS/c1-17-14(7-5-11-3-2-8-18-11)12-6-4-10(15)9-13(12)16/h2-4,6,8-9,14,17H,5,7H2,1H3. The summed E-state index contributed by atoms with van der Waals surface area (Å²) < 4.78 is 13.8. The SMILES string of the molecule is CNC(CCc1cccs1)c1ccc(Cl)cc1F. The summed E-state index contributed by atoms with van der Waals surface area (Å²) in [6.07, 6.45) is 1.82. The van der Waals surface area contributed by atoms with Crippen molar-refractivity contribution in [1.29, 1.82) is 0 Å². The third-order valence-electron chi connectivity index (χ3n) is 2.95. The van der Waals surface area contributed by atoms with Gasteiger partial charge in [0.25, 0.3) is 0 Å². The second kappa shape index (κ2) is 6.32. The number of hydrogen-bond donors (Lipinski definition) is 1. The van der Waals surface area contributed by atoms with Crippen LogP contribution in [0.25, 0.3) is 0 Å². The first-order valence-electron chi connectivity index (χ1n) is 5.85. The number of rotatable bonds is 5. The third-order valence-corrected chi connectivity index (χ3v) is 4.12. The van der Waals surface area contributed by atoms with Crippen LogP contribution in [0.5, 0.6) is 0 Å². The van der Waals surface area contributed by atoms with Gasteiger partial charge in [-0.15, -0.1) is 11.3 Å². The van der Waals surface area contributed by atoms with Crippen LogP contribution in [0.4, 0.5) is 4.39 Å². The zero-order chi connectivity index (χ0) is 13.0. The van der Waals surface area contributed by atoms with Crippen molar-refractivity contribution in [2.24, 2.45) is 0 Å². The van der Waals surface area contributed by atoms with Gasteiger partial charge in [-0.2, -0.15) is 0 Å². The van der Waals surface area contributed by atoms with Gasteiger partial charge in [0.05, 0.1) is 0 Å². The molecule has 1 aromatic heterocycles. The largest absolute Gasteiger partial charge is 0.313 e. The molecule has 18 heavy (non-hydrogen) atoms. The van der Waals surface area contributed by atoms with Gasteiger partial charge in [0.2, 0.25) is 0 Å². The molecule has 0 radical (unpaired) electrons. The number of aryl methyl sites for hydroxylation is 1. The Morgan fingerprint density at radius 2 is 2.22 bits per heavy atom. The molecule has 0 aliphatic rings. The van der Waals surface area contributed by atoms with Gasteiger partial charge >= 0.3 is 0 Å². The van der Waals surface area contributed by atoms with Crippen molar-refractivity contribution in [3.8, 4) is 0 Å². The van der Waals surface area contributed by atoms with Crippen LogP contribution in [0.15, 0.2) is 35.7 Å². The van der Waals surface area contributed by atoms with E-state index in [9.17, 15) is 4.39 Å². The maximum Gasteiger partial charge on any atom is 0.129 e. The summed E-state index contributed by atoms with van der Waals surface area (Å²) in [7, 11) is 1.85. The van der Waals surface area contributed by atoms with Crippen LogP contribution in [0.1, 0.15) is 22.9 Å². The fourth-order valence-corrected chi connectivity index (χ4v) is 2.86. The van der Waals surface area contributed by atoms with E-state index in [1.165, 1.54) is 10.9 Å². The Bertz CT molecular complexity index is 499. The highest BCUT2D eigenvalue weighted by Gasteiger charge is 2.14. The summed E-state index contributed by atoms with van der Waals surface area (Å²) in [5.74, 6) is -0.243. The van der Waals surface area contributed by atoms with Crippen molar-refractivity contribution < 1.29 is 4.39 Å². The molecule has 1 nitrogen and oxygen atoms in total. The molecule has 0 saturated heterocycles. The van der Waals surface area contributed by atoms with Crippen LogP contribution >= 0.6 is 22.9 Å². The molecule has 1 unspecified atom stereocenters. The molecule has 2 aromatic rings. The summed E-state index contributed by atoms with van der Waals surface area (Å²) >= 11 is 7.50. The van der Waals surface area contributed by atoms with Crippen molar-refractivity contribution in [3.05, 3.63) is 57.0 Å². The molecule has 0 fully saturated rings. The van der Waals surface area contributed by atoms with Gasteiger partial charge in [0, 0.05) is 21.5 Å². The molecule has 0 spiro atoms. The summed E-state index contributed by atoms with van der Waals surface area (Å²) in [5.41, 5.74) is 0.679. The van der Waals surface area contributed by atoms with Gasteiger partial charge in [-0.05, 0) is 43.5 Å². The van der Waals surface area contributed by atoms with Crippen LogP contribution in [0.2, 0.25) is 5.02 Å². The second-order valence-corrected chi connectivity index (χ2v) is 5.59. The van der Waals surface area contributed by atoms with Gasteiger partial charge in [0.15, 0.2) is 0 Å². The molecule has 1 heterocycles. The molecule has 1 aromatic carbocycles. The summed E-state index contributed by atoms with van der Waals surface area (Å²) in [6.45, 7) is 0. The smallest absolute Gasteiger partial charge is 0.129 e. The molecule has 0 bridgehead atoms. The number of benzene rings is 1. The molecule has 4 heteroatoms. The van der Waals surface area contributed by atoms with E-state index >= 15 is 0 Å². The zero-order valence-corrected chi connectivity index (χ0v) is 11.7. The lowest BCUT2D eigenvalue weighted by Crippen LogP contribution is -2.18. The minimum absolute atomic E-state index is 0.0179. The topological polar surface area (TPSA) is 12.0 Å². The highest BCUT2D eigenvalue weighted by Crippen LogP contribution is 2.25. The second-order valence-electron chi connectivity index (χ2n) is 4.13. The van der Waals surface area contributed by atoms with Crippen LogP contribution in [0, 0.1) is 5.82 Å². The third kappa shape index (κ3) is 3.31. The van der Waals surface area contributed by atoms with Gasteiger partial charge < -0.3 is 5.32 Å². The Kier molecular flexibility index (Phi) is 4.75. The Morgan fingerprint density at radius 1 is 1.39 bits per heavy atom. The lowest BCUT2D eigenvalue weighted by Gasteiger charge is -2.17. The van der Waals surface area contributed by atoms with Gasteiger partial charge in [-0.1, -0.05) is 23.7 Å². The Labute approximate surface area is 116 Å². The van der Waals surface area contributed by atoms with E-state index in [0.29, 0.717) is 10.6 Å². The first-order chi connectivity index (χ1) is 8.70. The predicted molar refractivity (Wildman–Crippen MR) is 75.9 cm³/mol. The molecular weight excluding hydrogens is 269 g/mol. The summed E-state index contributed by atoms with van der Waals surface area (Å²) in [6, 6.07) is 9.02. The van der Waals surface area contributed by atoms with E-state index in [2.05, 4.69) is 16.8 Å². The molecule has 0 amide bonds. The molecular formula is C14H15ClFNS. The Morgan fingerprint density at radius 3 is 2.83 bits per heavy atom. The molecule has 1 atom stereocenters. The van der Waals surface area contributed by atoms with E-state index in [1.54, 1.807) is 23.5 Å². The van der Waals surface area contributed by atoms with Crippen LogP contribution in [-0.2, 0) is 6.42 Å². The molecule has 96 valence electrons. The number of halogens is 2. The van der Waals surface area contributed by atoms with Crippen molar-refractivity contribution in [2.75, 3.05) is 7.05 Å². The Balaban J connectivity index is 2.08. The fraction of sp³-hybridized carbons (Fsp3) is 0.286. The van der Waals surface area contributed by atoms with Crippen molar-refractivity contribution >= 4 is 22.9 Å². The maximum atomic E-state index is 13.8. The number of thiophene rings is 1. The van der Waals surface area contributed by atoms with Gasteiger partial charge in [0.1, 0.15) is 5.82 Å². The summed E-state index contributed by atoms with van der Waals surface area (Å²) in [5, 5.41) is 5.66. The highest BCUT2D eigenvalue weighted by atomic mass is 35.5. The van der Waals surface area contributed by atoms with Crippen molar-refractivity contribution in [1.82, 2.24) is 5.32 Å². The average Bonchev–Trinajstić information content (AvgIpc) is 2.85. The molecule has 0 aliphatic carbocycles. The predicted octanol–water partition coefficient (Wildman–Crippen LogP) is 4.43. The van der Waals surface area contributed by atoms with E-state index in [0.717, 1.165) is 12.8 Å². The zero-order valence-electron chi connectivity index (χ0n) is 10.1. The monoisotopic (exact) mass is 283 g/mol. The van der Waals surface area contributed by atoms with Crippen molar-refractivity contribution in [2.45, 2.75) is 18.9 Å². The van der Waals surface area contributed by atoms with Gasteiger partial charge in [-0.3, -0.25) is 0 Å². The lowest BCUT2D eigenvalue weighted by atomic mass is 10.0. The van der Waals surface area contributed by atoms with Crippen LogP contribution < -0.4 is 5.32 Å². The van der Waals surface area contributed by atoms with Crippen LogP contribution in [-0.4, -0.2) is 7.05 Å². The normalized spacial score (nSPS) is 12.6. The molecule has 0 saturated carbocycles. The minimum atomic E-state index is -0.243. The molecule has 1 N–H and O–H groups in total. The molecule has 2 rings (SSSR count). The first-order valence-corrected chi connectivity index (χ1v) is 7.11. The number of nitrogens with one attached hydrogen (secondary N) is 1. The quantitative estimate of drug-likeness (QED) is 0.856. The highest BCUT2D eigenvalue weighted by molar-refractivity contribution is 7.09. The van der Waals surface area contributed by atoms with Crippen LogP contribution in [0.3, 0.4) is 0 Å². The lowest BCUT2D eigenvalue weighted by molar-refractivity contribution is 0.510. The maximum absolute atomic E-state index is 13.8. The van der Waals surface area contributed by atoms with E-state index in [1.807, 2.05) is 13.1 Å². The minimum Gasteiger partial charge on any atom is -0.313 e. The molecule has 0 aliphatic heterocycles. The van der Waals surface area contributed by atoms with Gasteiger partial charge in [-0.25, -0.2) is 4.39 Å². The Hall–Kier alpha value is -0.900. The van der Waals surface area contributed by atoms with E-state index in [4.69, 9.17) is 11.6 Å². The van der Waals surface area contributed by atoms with E-state index in [-0.39, 0.29) is 11.9 Å². The van der Waals surface area contributed by atoms with Crippen molar-refractivity contribution in [3.63, 3.8) is 0 Å². The fourth-order valence-electron chi connectivity index (χ4n) is 1.98. The van der Waals surface area contributed by atoms with E-state index < -0.39 is 0 Å². The first kappa shape index (κ1) is 13.5. The average molecular weight is 284 g/mol.